The number of para-hydroxylation sites is 2. The fourth-order valence-corrected chi connectivity index (χ4v) is 2.65. The maximum absolute atomic E-state index is 11.9. The zero-order valence-corrected chi connectivity index (χ0v) is 15.8. The van der Waals surface area contributed by atoms with Crippen molar-refractivity contribution in [2.24, 2.45) is 0 Å². The first-order valence-electron chi connectivity index (χ1n) is 9.06. The van der Waals surface area contributed by atoms with Crippen LogP contribution in [-0.2, 0) is 9.53 Å². The average molecular weight is 388 g/mol. The Balaban J connectivity index is 1.37. The Labute approximate surface area is 163 Å². The number of amides is 1. The van der Waals surface area contributed by atoms with Crippen molar-refractivity contribution in [3.63, 3.8) is 0 Å². The third-order valence-electron chi connectivity index (χ3n) is 4.06. The van der Waals surface area contributed by atoms with E-state index in [4.69, 9.17) is 18.9 Å². The first-order chi connectivity index (χ1) is 13.8. The number of benzene rings is 1. The number of carbonyl (C=O) groups is 1. The summed E-state index contributed by atoms with van der Waals surface area (Å²) in [7, 11) is 1.55. The number of nitrogens with zero attached hydrogens (tertiary/aromatic N) is 3. The van der Waals surface area contributed by atoms with Gasteiger partial charge in [-0.25, -0.2) is 9.97 Å². The van der Waals surface area contributed by atoms with Gasteiger partial charge in [-0.2, -0.15) is 0 Å². The van der Waals surface area contributed by atoms with Gasteiger partial charge in [0, 0.05) is 19.2 Å². The molecule has 1 aliphatic rings. The van der Waals surface area contributed by atoms with Gasteiger partial charge in [-0.1, -0.05) is 12.1 Å². The van der Waals surface area contributed by atoms with E-state index in [2.05, 4.69) is 20.2 Å². The monoisotopic (exact) mass is 388 g/mol. The van der Waals surface area contributed by atoms with Crippen LogP contribution in [0.5, 0.6) is 17.4 Å². The van der Waals surface area contributed by atoms with Gasteiger partial charge in [-0.15, -0.1) is 0 Å². The van der Waals surface area contributed by atoms with Gasteiger partial charge in [0.1, 0.15) is 18.8 Å². The Bertz CT molecular complexity index is 767. The van der Waals surface area contributed by atoms with E-state index in [1.807, 2.05) is 12.1 Å². The van der Waals surface area contributed by atoms with Crippen molar-refractivity contribution < 1.29 is 23.7 Å². The molecule has 0 bridgehead atoms. The summed E-state index contributed by atoms with van der Waals surface area (Å²) in [6.07, 6.45) is 1.47. The van der Waals surface area contributed by atoms with Gasteiger partial charge in [0.2, 0.25) is 5.88 Å². The molecule has 2 aromatic rings. The van der Waals surface area contributed by atoms with E-state index >= 15 is 0 Å². The number of anilines is 1. The molecule has 1 aromatic heterocycles. The Kier molecular flexibility index (Phi) is 7.25. The van der Waals surface area contributed by atoms with E-state index < -0.39 is 0 Å². The third kappa shape index (κ3) is 5.71. The molecular formula is C19H24N4O5. The summed E-state index contributed by atoms with van der Waals surface area (Å²) >= 11 is 0. The highest BCUT2D eigenvalue weighted by Gasteiger charge is 2.13. The van der Waals surface area contributed by atoms with Crippen LogP contribution in [0.1, 0.15) is 0 Å². The molecule has 3 rings (SSSR count). The fourth-order valence-electron chi connectivity index (χ4n) is 2.65. The normalized spacial score (nSPS) is 13.7. The molecule has 2 heterocycles. The quantitative estimate of drug-likeness (QED) is 0.633. The second kappa shape index (κ2) is 10.3. The van der Waals surface area contributed by atoms with Crippen molar-refractivity contribution in [3.05, 3.63) is 36.7 Å². The van der Waals surface area contributed by atoms with Gasteiger partial charge in [-0.05, 0) is 12.1 Å². The van der Waals surface area contributed by atoms with Crippen LogP contribution in [0.2, 0.25) is 0 Å². The molecule has 0 spiro atoms. The van der Waals surface area contributed by atoms with E-state index in [1.165, 1.54) is 6.33 Å². The number of nitrogens with one attached hydrogen (secondary N) is 1. The Morgan fingerprint density at radius 2 is 1.96 bits per heavy atom. The molecule has 1 aromatic carbocycles. The van der Waals surface area contributed by atoms with Gasteiger partial charge in [0.15, 0.2) is 18.1 Å². The van der Waals surface area contributed by atoms with Crippen LogP contribution in [0, 0.1) is 0 Å². The number of ether oxygens (including phenoxy) is 4. The minimum Gasteiger partial charge on any atom is -0.493 e. The summed E-state index contributed by atoms with van der Waals surface area (Å²) in [6, 6.07) is 8.96. The van der Waals surface area contributed by atoms with Crippen molar-refractivity contribution in [3.8, 4) is 17.4 Å². The molecule has 9 heteroatoms. The minimum atomic E-state index is -0.244. The molecule has 1 fully saturated rings. The predicted molar refractivity (Wildman–Crippen MR) is 102 cm³/mol. The van der Waals surface area contributed by atoms with Crippen molar-refractivity contribution in [2.45, 2.75) is 0 Å². The smallest absolute Gasteiger partial charge is 0.258 e. The zero-order chi connectivity index (χ0) is 19.6. The Morgan fingerprint density at radius 3 is 2.75 bits per heavy atom. The van der Waals surface area contributed by atoms with Crippen LogP contribution >= 0.6 is 0 Å². The Hall–Kier alpha value is -3.07. The summed E-state index contributed by atoms with van der Waals surface area (Å²) < 4.78 is 21.6. The fraction of sp³-hybridized carbons (Fsp3) is 0.421. The van der Waals surface area contributed by atoms with Crippen LogP contribution in [0.4, 0.5) is 5.82 Å². The van der Waals surface area contributed by atoms with Crippen LogP contribution in [0.25, 0.3) is 0 Å². The standard InChI is InChI=1S/C19H24N4O5/c1-25-15-4-2-3-5-16(15)28-13-18(24)20-6-9-27-19-12-17(21-14-22-19)23-7-10-26-11-8-23/h2-5,12,14H,6-11,13H2,1H3,(H,20,24). The molecule has 1 aliphatic heterocycles. The third-order valence-corrected chi connectivity index (χ3v) is 4.06. The number of methoxy groups -OCH3 is 1. The van der Waals surface area contributed by atoms with E-state index in [0.29, 0.717) is 43.7 Å². The zero-order valence-electron chi connectivity index (χ0n) is 15.8. The average Bonchev–Trinajstić information content (AvgIpc) is 2.76. The highest BCUT2D eigenvalue weighted by Crippen LogP contribution is 2.25. The molecule has 0 saturated carbocycles. The second-order valence-electron chi connectivity index (χ2n) is 5.95. The van der Waals surface area contributed by atoms with E-state index in [-0.39, 0.29) is 12.5 Å². The number of hydrogen-bond acceptors (Lipinski definition) is 8. The summed E-state index contributed by atoms with van der Waals surface area (Å²) in [5, 5.41) is 2.74. The maximum Gasteiger partial charge on any atom is 0.258 e. The molecule has 9 nitrogen and oxygen atoms in total. The Morgan fingerprint density at radius 1 is 1.18 bits per heavy atom. The molecule has 1 amide bonds. The lowest BCUT2D eigenvalue weighted by Crippen LogP contribution is -2.36. The number of rotatable bonds is 9. The van der Waals surface area contributed by atoms with Gasteiger partial charge in [-0.3, -0.25) is 4.79 Å². The highest BCUT2D eigenvalue weighted by atomic mass is 16.5. The van der Waals surface area contributed by atoms with Crippen molar-refractivity contribution in [1.29, 1.82) is 0 Å². The first-order valence-corrected chi connectivity index (χ1v) is 9.06. The lowest BCUT2D eigenvalue weighted by Gasteiger charge is -2.27. The molecular weight excluding hydrogens is 364 g/mol. The van der Waals surface area contributed by atoms with Crippen LogP contribution in [0.3, 0.4) is 0 Å². The van der Waals surface area contributed by atoms with E-state index in [1.54, 1.807) is 25.3 Å². The van der Waals surface area contributed by atoms with Crippen LogP contribution in [-0.4, -0.2) is 69.0 Å². The van der Waals surface area contributed by atoms with Gasteiger partial charge in [0.25, 0.3) is 5.91 Å². The number of hydrogen-bond donors (Lipinski definition) is 1. The number of morpholine rings is 1. The van der Waals surface area contributed by atoms with Crippen molar-refractivity contribution >= 4 is 11.7 Å². The SMILES string of the molecule is COc1ccccc1OCC(=O)NCCOc1cc(N2CCOCC2)ncn1. The van der Waals surface area contributed by atoms with Gasteiger partial charge in [0.05, 0.1) is 26.9 Å². The van der Waals surface area contributed by atoms with Gasteiger partial charge >= 0.3 is 0 Å². The predicted octanol–water partition coefficient (Wildman–Crippen LogP) is 0.896. The molecule has 150 valence electrons. The minimum absolute atomic E-state index is 0.102. The molecule has 0 unspecified atom stereocenters. The van der Waals surface area contributed by atoms with Crippen LogP contribution < -0.4 is 24.4 Å². The first kappa shape index (κ1) is 19.7. The van der Waals surface area contributed by atoms with E-state index in [9.17, 15) is 4.79 Å². The molecule has 0 atom stereocenters. The second-order valence-corrected chi connectivity index (χ2v) is 5.95. The largest absolute Gasteiger partial charge is 0.493 e. The summed E-state index contributed by atoms with van der Waals surface area (Å²) in [4.78, 5) is 22.4. The molecule has 0 radical (unpaired) electrons. The molecule has 0 aliphatic carbocycles. The molecule has 1 N–H and O–H groups in total. The summed E-state index contributed by atoms with van der Waals surface area (Å²) in [6.45, 7) is 3.48. The van der Waals surface area contributed by atoms with Crippen molar-refractivity contribution in [2.75, 3.05) is 58.1 Å². The molecule has 28 heavy (non-hydrogen) atoms. The number of carbonyl (C=O) groups excluding carboxylic acids is 1. The lowest BCUT2D eigenvalue weighted by molar-refractivity contribution is -0.123. The van der Waals surface area contributed by atoms with E-state index in [0.717, 1.165) is 18.9 Å². The van der Waals surface area contributed by atoms with Gasteiger partial charge < -0.3 is 29.2 Å². The molecule has 1 saturated heterocycles. The summed E-state index contributed by atoms with van der Waals surface area (Å²) in [5.74, 6) is 2.14. The van der Waals surface area contributed by atoms with Crippen LogP contribution in [0.15, 0.2) is 36.7 Å². The summed E-state index contributed by atoms with van der Waals surface area (Å²) in [5.41, 5.74) is 0. The number of aromatic nitrogens is 2. The maximum atomic E-state index is 11.9. The topological polar surface area (TPSA) is 95.0 Å². The highest BCUT2D eigenvalue weighted by molar-refractivity contribution is 5.77. The lowest BCUT2D eigenvalue weighted by atomic mass is 10.3. The van der Waals surface area contributed by atoms with Crippen molar-refractivity contribution in [1.82, 2.24) is 15.3 Å².